The first kappa shape index (κ1) is 33.7. The van der Waals surface area contributed by atoms with E-state index in [1.54, 1.807) is 36.4 Å². The van der Waals surface area contributed by atoms with Gasteiger partial charge in [0.05, 0.1) is 12.0 Å². The smallest absolute Gasteiger partial charge is 0.407 e. The van der Waals surface area contributed by atoms with Crippen molar-refractivity contribution in [3.8, 4) is 0 Å². The highest BCUT2D eigenvalue weighted by molar-refractivity contribution is 7.89. The Labute approximate surface area is 273 Å². The fourth-order valence-electron chi connectivity index (χ4n) is 5.83. The van der Waals surface area contributed by atoms with Crippen LogP contribution in [-0.2, 0) is 26.0 Å². The van der Waals surface area contributed by atoms with Gasteiger partial charge in [-0.2, -0.15) is 4.31 Å². The number of halogens is 2. The first-order valence-electron chi connectivity index (χ1n) is 15.1. The summed E-state index contributed by atoms with van der Waals surface area (Å²) in [7, 11) is -2.74. The maximum Gasteiger partial charge on any atom is 0.407 e. The fourth-order valence-corrected chi connectivity index (χ4v) is 7.47. The number of carbonyl (C=O) groups is 2. The Balaban J connectivity index is 1.50. The topological polar surface area (TPSA) is 117 Å². The van der Waals surface area contributed by atoms with Crippen molar-refractivity contribution in [2.75, 3.05) is 32.1 Å². The molecule has 0 radical (unpaired) electrons. The van der Waals surface area contributed by atoms with Crippen molar-refractivity contribution < 1.29 is 31.5 Å². The molecule has 5 rings (SSSR count). The van der Waals surface area contributed by atoms with Gasteiger partial charge in [0.25, 0.3) is 0 Å². The number of nitrogens with zero attached hydrogens (tertiary/aromatic N) is 1. The van der Waals surface area contributed by atoms with Crippen molar-refractivity contribution in [1.29, 1.82) is 0 Å². The minimum atomic E-state index is -3.90. The van der Waals surface area contributed by atoms with Gasteiger partial charge < -0.3 is 20.7 Å². The second kappa shape index (κ2) is 14.8. The minimum Gasteiger partial charge on any atom is -0.453 e. The molecule has 0 aromatic heterocycles. The highest BCUT2D eigenvalue weighted by Crippen LogP contribution is 2.32. The minimum absolute atomic E-state index is 0.0538. The van der Waals surface area contributed by atoms with E-state index in [1.807, 2.05) is 19.1 Å². The van der Waals surface area contributed by atoms with Crippen LogP contribution in [0.5, 0.6) is 0 Å². The molecule has 0 bridgehead atoms. The van der Waals surface area contributed by atoms with Crippen molar-refractivity contribution in [2.24, 2.45) is 0 Å². The molecule has 47 heavy (non-hydrogen) atoms. The van der Waals surface area contributed by atoms with Crippen molar-refractivity contribution in [3.05, 3.63) is 131 Å². The number of amides is 2. The van der Waals surface area contributed by atoms with Gasteiger partial charge in [-0.15, -0.1) is 0 Å². The van der Waals surface area contributed by atoms with Crippen LogP contribution >= 0.6 is 0 Å². The maximum absolute atomic E-state index is 15.6. The van der Waals surface area contributed by atoms with E-state index in [0.29, 0.717) is 17.7 Å². The van der Waals surface area contributed by atoms with Crippen molar-refractivity contribution in [2.45, 2.75) is 36.2 Å². The molecule has 0 spiro atoms. The van der Waals surface area contributed by atoms with Gasteiger partial charge in [-0.05, 0) is 60.9 Å². The molecule has 4 aromatic rings. The number of anilines is 1. The lowest BCUT2D eigenvalue weighted by Gasteiger charge is -2.35. The van der Waals surface area contributed by atoms with Crippen LogP contribution < -0.4 is 16.0 Å². The van der Waals surface area contributed by atoms with Crippen molar-refractivity contribution >= 4 is 27.7 Å². The monoisotopic (exact) mass is 662 g/mol. The molecule has 4 aromatic carbocycles. The number of piperazine rings is 1. The van der Waals surface area contributed by atoms with Crippen LogP contribution in [0.3, 0.4) is 0 Å². The number of alkyl carbamates (subject to hydrolysis) is 1. The number of sulfonamides is 1. The standard InChI is InChI=1S/C35H36F2N4O5S/c1-23-14-16-24(17-15-23)32(25-8-6-9-26(36)20-25)33(40-35(43)46-2)34(42)39-31-13-7-12-30(37)29(31)21-27-22-38-18-19-41(27)47(44,45)28-10-4-3-5-11-28/h3-17,20,27,32-33,38H,18-19,21-22H2,1-2H3,(H,39,42)(H,40,43)/t27?,32-,33-/m0/s1. The van der Waals surface area contributed by atoms with Crippen LogP contribution in [0.15, 0.2) is 102 Å². The Kier molecular flexibility index (Phi) is 10.6. The third-order valence-corrected chi connectivity index (χ3v) is 10.1. The zero-order valence-electron chi connectivity index (χ0n) is 26.0. The third-order valence-electron chi connectivity index (χ3n) is 8.18. The summed E-state index contributed by atoms with van der Waals surface area (Å²) in [5.41, 5.74) is 2.19. The number of hydrogen-bond acceptors (Lipinski definition) is 6. The van der Waals surface area contributed by atoms with Gasteiger partial charge in [0.2, 0.25) is 15.9 Å². The lowest BCUT2D eigenvalue weighted by molar-refractivity contribution is -0.118. The van der Waals surface area contributed by atoms with Gasteiger partial charge in [-0.1, -0.05) is 66.2 Å². The van der Waals surface area contributed by atoms with E-state index in [-0.39, 0.29) is 35.7 Å². The van der Waals surface area contributed by atoms with Crippen LogP contribution in [0.2, 0.25) is 0 Å². The number of rotatable bonds is 10. The highest BCUT2D eigenvalue weighted by Gasteiger charge is 2.36. The number of methoxy groups -OCH3 is 1. The Morgan fingerprint density at radius 3 is 2.38 bits per heavy atom. The van der Waals surface area contributed by atoms with Crippen LogP contribution in [0.1, 0.15) is 28.2 Å². The van der Waals surface area contributed by atoms with Crippen molar-refractivity contribution in [1.82, 2.24) is 14.9 Å². The van der Waals surface area contributed by atoms with E-state index >= 15 is 4.39 Å². The maximum atomic E-state index is 15.6. The van der Waals surface area contributed by atoms with E-state index < -0.39 is 51.7 Å². The average molecular weight is 663 g/mol. The number of aryl methyl sites for hydroxylation is 1. The quantitative estimate of drug-likeness (QED) is 0.221. The number of hydrogen-bond donors (Lipinski definition) is 3. The highest BCUT2D eigenvalue weighted by atomic mass is 32.2. The second-order valence-corrected chi connectivity index (χ2v) is 13.2. The zero-order valence-corrected chi connectivity index (χ0v) is 26.8. The predicted molar refractivity (Wildman–Crippen MR) is 174 cm³/mol. The molecular formula is C35H36F2N4O5S. The molecule has 246 valence electrons. The average Bonchev–Trinajstić information content (AvgIpc) is 3.07. The molecule has 1 aliphatic heterocycles. The first-order chi connectivity index (χ1) is 22.6. The predicted octanol–water partition coefficient (Wildman–Crippen LogP) is 4.97. The first-order valence-corrected chi connectivity index (χ1v) is 16.5. The summed E-state index contributed by atoms with van der Waals surface area (Å²) in [6, 6.07) is 23.2. The summed E-state index contributed by atoms with van der Waals surface area (Å²) >= 11 is 0. The van der Waals surface area contributed by atoms with Gasteiger partial charge in [0.15, 0.2) is 0 Å². The number of ether oxygens (including phenoxy) is 1. The Morgan fingerprint density at radius 1 is 0.957 bits per heavy atom. The van der Waals surface area contributed by atoms with Crippen LogP contribution in [0.25, 0.3) is 0 Å². The SMILES string of the molecule is COC(=O)N[C@H](C(=O)Nc1cccc(F)c1CC1CNCCN1S(=O)(=O)c1ccccc1)[C@@H](c1ccc(C)cc1)c1cccc(F)c1. The summed E-state index contributed by atoms with van der Waals surface area (Å²) in [6.45, 7) is 2.76. The molecule has 0 aliphatic carbocycles. The van der Waals surface area contributed by atoms with Gasteiger partial charge in [-0.25, -0.2) is 22.0 Å². The summed E-state index contributed by atoms with van der Waals surface area (Å²) in [5, 5.41) is 8.55. The molecule has 12 heteroatoms. The molecule has 3 atom stereocenters. The summed E-state index contributed by atoms with van der Waals surface area (Å²) in [4.78, 5) is 26.9. The summed E-state index contributed by atoms with van der Waals surface area (Å²) < 4.78 is 63.4. The third kappa shape index (κ3) is 7.84. The second-order valence-electron chi connectivity index (χ2n) is 11.3. The Bertz CT molecular complexity index is 1820. The lowest BCUT2D eigenvalue weighted by Crippen LogP contribution is -2.54. The van der Waals surface area contributed by atoms with Gasteiger partial charge >= 0.3 is 6.09 Å². The zero-order chi connectivity index (χ0) is 33.6. The van der Waals surface area contributed by atoms with E-state index in [1.165, 1.54) is 52.8 Å². The van der Waals surface area contributed by atoms with Gasteiger partial charge in [0, 0.05) is 42.8 Å². The molecule has 1 unspecified atom stereocenters. The number of nitrogens with one attached hydrogen (secondary N) is 3. The largest absolute Gasteiger partial charge is 0.453 e. The van der Waals surface area contributed by atoms with E-state index in [4.69, 9.17) is 4.74 Å². The molecule has 1 fully saturated rings. The van der Waals surface area contributed by atoms with Crippen LogP contribution in [0, 0.1) is 18.6 Å². The number of carbonyl (C=O) groups excluding carboxylic acids is 2. The Hall–Kier alpha value is -4.65. The molecule has 9 nitrogen and oxygen atoms in total. The van der Waals surface area contributed by atoms with E-state index in [9.17, 15) is 22.4 Å². The number of benzene rings is 4. The summed E-state index contributed by atoms with van der Waals surface area (Å²) in [5.74, 6) is -2.74. The fraction of sp³-hybridized carbons (Fsp3) is 0.257. The van der Waals surface area contributed by atoms with Gasteiger partial charge in [0.1, 0.15) is 17.7 Å². The molecule has 0 saturated carbocycles. The summed E-state index contributed by atoms with van der Waals surface area (Å²) in [6.07, 6.45) is -0.949. The normalized spacial score (nSPS) is 16.6. The van der Waals surface area contributed by atoms with Crippen LogP contribution in [-0.4, -0.2) is 63.6 Å². The molecule has 2 amide bonds. The Morgan fingerprint density at radius 2 is 1.68 bits per heavy atom. The van der Waals surface area contributed by atoms with Crippen LogP contribution in [0.4, 0.5) is 19.3 Å². The molecule has 1 aliphatic rings. The van der Waals surface area contributed by atoms with Gasteiger partial charge in [-0.3, -0.25) is 4.79 Å². The molecule has 3 N–H and O–H groups in total. The van der Waals surface area contributed by atoms with Crippen molar-refractivity contribution in [3.63, 3.8) is 0 Å². The lowest BCUT2D eigenvalue weighted by atomic mass is 9.84. The molecular weight excluding hydrogens is 626 g/mol. The van der Waals surface area contributed by atoms with E-state index in [2.05, 4.69) is 16.0 Å². The molecule has 1 saturated heterocycles. The van der Waals surface area contributed by atoms with E-state index in [0.717, 1.165) is 12.7 Å². The molecule has 1 heterocycles.